The van der Waals surface area contributed by atoms with Crippen LogP contribution >= 0.6 is 0 Å². The Morgan fingerprint density at radius 1 is 1.27 bits per heavy atom. The van der Waals surface area contributed by atoms with Gasteiger partial charge >= 0.3 is 0 Å². The van der Waals surface area contributed by atoms with Gasteiger partial charge < -0.3 is 10.5 Å². The maximum Gasteiger partial charge on any atom is 0.124 e. The van der Waals surface area contributed by atoms with Crippen molar-refractivity contribution < 1.29 is 4.74 Å². The lowest BCUT2D eigenvalue weighted by molar-refractivity contribution is 0.267. The Morgan fingerprint density at radius 3 is 2.47 bits per heavy atom. The standard InChI is InChI=1S/C13H21NO/c1-9(2)8-15-13-7-10(3)5-6-12(13)11(4)14/h5-7,9,11H,8,14H2,1-4H3. The van der Waals surface area contributed by atoms with Crippen molar-refractivity contribution >= 4 is 0 Å². The van der Waals surface area contributed by atoms with E-state index in [2.05, 4.69) is 39.0 Å². The van der Waals surface area contributed by atoms with Gasteiger partial charge in [0, 0.05) is 11.6 Å². The van der Waals surface area contributed by atoms with Crippen LogP contribution in [-0.2, 0) is 0 Å². The van der Waals surface area contributed by atoms with Crippen molar-refractivity contribution in [3.05, 3.63) is 29.3 Å². The first kappa shape index (κ1) is 12.1. The predicted molar refractivity (Wildman–Crippen MR) is 64.1 cm³/mol. The van der Waals surface area contributed by atoms with Gasteiger partial charge in [-0.3, -0.25) is 0 Å². The van der Waals surface area contributed by atoms with Crippen molar-refractivity contribution in [1.82, 2.24) is 0 Å². The molecule has 1 atom stereocenters. The van der Waals surface area contributed by atoms with Crippen LogP contribution in [0.1, 0.15) is 37.9 Å². The second kappa shape index (κ2) is 5.17. The fraction of sp³-hybridized carbons (Fsp3) is 0.538. The van der Waals surface area contributed by atoms with Gasteiger partial charge in [-0.25, -0.2) is 0 Å². The third-order valence-electron chi connectivity index (χ3n) is 2.23. The Kier molecular flexibility index (Phi) is 4.15. The summed E-state index contributed by atoms with van der Waals surface area (Å²) in [5, 5.41) is 0. The van der Waals surface area contributed by atoms with Gasteiger partial charge in [-0.2, -0.15) is 0 Å². The monoisotopic (exact) mass is 207 g/mol. The summed E-state index contributed by atoms with van der Waals surface area (Å²) < 4.78 is 5.76. The van der Waals surface area contributed by atoms with Crippen molar-refractivity contribution in [3.8, 4) is 5.75 Å². The summed E-state index contributed by atoms with van der Waals surface area (Å²) in [7, 11) is 0. The Balaban J connectivity index is 2.87. The van der Waals surface area contributed by atoms with Crippen LogP contribution < -0.4 is 10.5 Å². The molecule has 84 valence electrons. The molecule has 2 N–H and O–H groups in total. The molecule has 0 radical (unpaired) electrons. The fourth-order valence-corrected chi connectivity index (χ4v) is 1.40. The lowest BCUT2D eigenvalue weighted by Crippen LogP contribution is -2.11. The molecule has 0 aliphatic rings. The minimum atomic E-state index is 0.0211. The molecule has 0 aliphatic carbocycles. The van der Waals surface area contributed by atoms with Gasteiger partial charge in [-0.15, -0.1) is 0 Å². The van der Waals surface area contributed by atoms with Crippen molar-refractivity contribution in [2.45, 2.75) is 33.7 Å². The summed E-state index contributed by atoms with van der Waals surface area (Å²) >= 11 is 0. The lowest BCUT2D eigenvalue weighted by atomic mass is 10.1. The van der Waals surface area contributed by atoms with Crippen LogP contribution in [0, 0.1) is 12.8 Å². The zero-order valence-electron chi connectivity index (χ0n) is 10.1. The molecule has 2 heteroatoms. The molecule has 0 aromatic heterocycles. The maximum atomic E-state index is 5.89. The van der Waals surface area contributed by atoms with Crippen LogP contribution in [0.25, 0.3) is 0 Å². The lowest BCUT2D eigenvalue weighted by Gasteiger charge is -2.16. The van der Waals surface area contributed by atoms with E-state index < -0.39 is 0 Å². The molecular weight excluding hydrogens is 186 g/mol. The third-order valence-corrected chi connectivity index (χ3v) is 2.23. The highest BCUT2D eigenvalue weighted by atomic mass is 16.5. The Bertz CT molecular complexity index is 318. The number of hydrogen-bond donors (Lipinski definition) is 1. The van der Waals surface area contributed by atoms with E-state index in [0.29, 0.717) is 5.92 Å². The summed E-state index contributed by atoms with van der Waals surface area (Å²) in [5.74, 6) is 1.46. The molecule has 0 spiro atoms. The Hall–Kier alpha value is -1.02. The van der Waals surface area contributed by atoms with Gasteiger partial charge in [0.15, 0.2) is 0 Å². The van der Waals surface area contributed by atoms with Crippen molar-refractivity contribution in [2.24, 2.45) is 11.7 Å². The zero-order valence-corrected chi connectivity index (χ0v) is 10.1. The predicted octanol–water partition coefficient (Wildman–Crippen LogP) is 3.05. The van der Waals surface area contributed by atoms with Crippen molar-refractivity contribution in [1.29, 1.82) is 0 Å². The molecule has 0 saturated carbocycles. The number of hydrogen-bond acceptors (Lipinski definition) is 2. The fourth-order valence-electron chi connectivity index (χ4n) is 1.40. The molecule has 0 heterocycles. The van der Waals surface area contributed by atoms with Crippen LogP contribution in [0.3, 0.4) is 0 Å². The molecule has 0 amide bonds. The summed E-state index contributed by atoms with van der Waals surface area (Å²) in [6.07, 6.45) is 0. The van der Waals surface area contributed by atoms with E-state index in [0.717, 1.165) is 17.9 Å². The first-order valence-electron chi connectivity index (χ1n) is 5.49. The van der Waals surface area contributed by atoms with Crippen molar-refractivity contribution in [2.75, 3.05) is 6.61 Å². The molecular formula is C13H21NO. The molecule has 2 nitrogen and oxygen atoms in total. The average Bonchev–Trinajstić information content (AvgIpc) is 2.14. The van der Waals surface area contributed by atoms with Crippen LogP contribution in [0.4, 0.5) is 0 Å². The highest BCUT2D eigenvalue weighted by Crippen LogP contribution is 2.25. The first-order valence-corrected chi connectivity index (χ1v) is 5.49. The molecule has 0 fully saturated rings. The summed E-state index contributed by atoms with van der Waals surface area (Å²) in [6.45, 7) is 9.06. The second-order valence-corrected chi connectivity index (χ2v) is 4.53. The van der Waals surface area contributed by atoms with E-state index in [9.17, 15) is 0 Å². The maximum absolute atomic E-state index is 5.89. The largest absolute Gasteiger partial charge is 0.493 e. The third kappa shape index (κ3) is 3.56. The highest BCUT2D eigenvalue weighted by Gasteiger charge is 2.08. The van der Waals surface area contributed by atoms with E-state index in [-0.39, 0.29) is 6.04 Å². The molecule has 0 saturated heterocycles. The van der Waals surface area contributed by atoms with Gasteiger partial charge in [0.05, 0.1) is 6.61 Å². The highest BCUT2D eigenvalue weighted by molar-refractivity contribution is 5.38. The molecule has 0 aliphatic heterocycles. The van der Waals surface area contributed by atoms with Gasteiger partial charge in [0.25, 0.3) is 0 Å². The molecule has 1 unspecified atom stereocenters. The van der Waals surface area contributed by atoms with E-state index in [1.807, 2.05) is 6.92 Å². The Labute approximate surface area is 92.4 Å². The van der Waals surface area contributed by atoms with Crippen LogP contribution in [0.5, 0.6) is 5.75 Å². The second-order valence-electron chi connectivity index (χ2n) is 4.53. The summed E-state index contributed by atoms with van der Waals surface area (Å²) in [4.78, 5) is 0. The van der Waals surface area contributed by atoms with Crippen molar-refractivity contribution in [3.63, 3.8) is 0 Å². The molecule has 1 rings (SSSR count). The average molecular weight is 207 g/mol. The zero-order chi connectivity index (χ0) is 11.4. The first-order chi connectivity index (χ1) is 7.00. The molecule has 0 bridgehead atoms. The number of nitrogens with two attached hydrogens (primary N) is 1. The van der Waals surface area contributed by atoms with E-state index in [1.54, 1.807) is 0 Å². The van der Waals surface area contributed by atoms with Crippen LogP contribution in [0.15, 0.2) is 18.2 Å². The normalized spacial score (nSPS) is 12.9. The molecule has 15 heavy (non-hydrogen) atoms. The molecule has 1 aromatic carbocycles. The number of benzene rings is 1. The van der Waals surface area contributed by atoms with Gasteiger partial charge in [-0.05, 0) is 31.4 Å². The van der Waals surface area contributed by atoms with Gasteiger partial charge in [0.1, 0.15) is 5.75 Å². The van der Waals surface area contributed by atoms with Gasteiger partial charge in [-0.1, -0.05) is 26.0 Å². The Morgan fingerprint density at radius 2 is 1.93 bits per heavy atom. The quantitative estimate of drug-likeness (QED) is 0.823. The van der Waals surface area contributed by atoms with E-state index in [1.165, 1.54) is 5.56 Å². The van der Waals surface area contributed by atoms with E-state index >= 15 is 0 Å². The number of rotatable bonds is 4. The van der Waals surface area contributed by atoms with Crippen LogP contribution in [-0.4, -0.2) is 6.61 Å². The minimum Gasteiger partial charge on any atom is -0.493 e. The van der Waals surface area contributed by atoms with Gasteiger partial charge in [0.2, 0.25) is 0 Å². The smallest absolute Gasteiger partial charge is 0.124 e. The molecule has 1 aromatic rings. The number of ether oxygens (including phenoxy) is 1. The SMILES string of the molecule is Cc1ccc(C(C)N)c(OCC(C)C)c1. The summed E-state index contributed by atoms with van der Waals surface area (Å²) in [5.41, 5.74) is 8.18. The minimum absolute atomic E-state index is 0.0211. The number of aryl methyl sites for hydroxylation is 1. The van der Waals surface area contributed by atoms with E-state index in [4.69, 9.17) is 10.5 Å². The van der Waals surface area contributed by atoms with Crippen LogP contribution in [0.2, 0.25) is 0 Å². The summed E-state index contributed by atoms with van der Waals surface area (Å²) in [6, 6.07) is 6.20. The topological polar surface area (TPSA) is 35.2 Å².